The summed E-state index contributed by atoms with van der Waals surface area (Å²) in [5.74, 6) is 0.0145. The standard InChI is InChI=1S/C19H23ClFN3O2S/c1-22-19(23-10-9-14-3-6-17(20)7-4-14)24-12-16-11-18(21)8-5-15(16)13-27(2,25)26/h3-8,11H,9-10,12-13H2,1-2H3,(H2,22,23,24). The maximum absolute atomic E-state index is 13.6. The van der Waals surface area contributed by atoms with Crippen LogP contribution in [0.2, 0.25) is 5.02 Å². The number of guanidine groups is 1. The van der Waals surface area contributed by atoms with Crippen LogP contribution in [0, 0.1) is 5.82 Å². The zero-order valence-electron chi connectivity index (χ0n) is 15.3. The number of rotatable bonds is 7. The van der Waals surface area contributed by atoms with E-state index in [9.17, 15) is 12.8 Å². The van der Waals surface area contributed by atoms with Gasteiger partial charge in [-0.15, -0.1) is 0 Å². The second kappa shape index (κ2) is 9.71. The van der Waals surface area contributed by atoms with Crippen molar-refractivity contribution in [2.24, 2.45) is 4.99 Å². The Morgan fingerprint density at radius 2 is 1.81 bits per heavy atom. The Bertz CT molecular complexity index is 900. The van der Waals surface area contributed by atoms with E-state index in [1.165, 1.54) is 18.2 Å². The van der Waals surface area contributed by atoms with Crippen LogP contribution < -0.4 is 10.6 Å². The number of halogens is 2. The molecular formula is C19H23ClFN3O2S. The van der Waals surface area contributed by atoms with Crippen molar-refractivity contribution in [3.05, 3.63) is 70.0 Å². The molecule has 0 fully saturated rings. The first-order valence-corrected chi connectivity index (χ1v) is 10.8. The van der Waals surface area contributed by atoms with Crippen molar-refractivity contribution in [1.82, 2.24) is 10.6 Å². The van der Waals surface area contributed by atoms with Crippen LogP contribution in [0.4, 0.5) is 4.39 Å². The Hall–Kier alpha value is -2.12. The van der Waals surface area contributed by atoms with Crippen molar-refractivity contribution in [2.45, 2.75) is 18.7 Å². The van der Waals surface area contributed by atoms with Crippen molar-refractivity contribution in [3.8, 4) is 0 Å². The van der Waals surface area contributed by atoms with Crippen LogP contribution in [-0.4, -0.2) is 34.2 Å². The number of nitrogens with zero attached hydrogens (tertiary/aromatic N) is 1. The van der Waals surface area contributed by atoms with E-state index < -0.39 is 15.7 Å². The molecule has 0 amide bonds. The number of benzene rings is 2. The fraction of sp³-hybridized carbons (Fsp3) is 0.316. The van der Waals surface area contributed by atoms with Gasteiger partial charge in [-0.3, -0.25) is 4.99 Å². The van der Waals surface area contributed by atoms with Gasteiger partial charge in [0.15, 0.2) is 15.8 Å². The molecule has 8 heteroatoms. The highest BCUT2D eigenvalue weighted by Crippen LogP contribution is 2.14. The van der Waals surface area contributed by atoms with Gasteiger partial charge in [0, 0.05) is 31.4 Å². The highest BCUT2D eigenvalue weighted by Gasteiger charge is 2.11. The molecule has 2 aromatic carbocycles. The molecule has 2 N–H and O–H groups in total. The van der Waals surface area contributed by atoms with E-state index >= 15 is 0 Å². The van der Waals surface area contributed by atoms with Gasteiger partial charge in [-0.1, -0.05) is 29.8 Å². The summed E-state index contributed by atoms with van der Waals surface area (Å²) in [6.45, 7) is 0.921. The fourth-order valence-electron chi connectivity index (χ4n) is 2.56. The summed E-state index contributed by atoms with van der Waals surface area (Å²) >= 11 is 5.87. The van der Waals surface area contributed by atoms with Crippen LogP contribution in [0.15, 0.2) is 47.5 Å². The molecule has 0 heterocycles. The van der Waals surface area contributed by atoms with Gasteiger partial charge in [0.05, 0.1) is 5.75 Å². The Balaban J connectivity index is 1.93. The number of hydrogen-bond acceptors (Lipinski definition) is 3. The summed E-state index contributed by atoms with van der Waals surface area (Å²) in [6, 6.07) is 11.7. The average Bonchev–Trinajstić information content (AvgIpc) is 2.60. The molecule has 0 spiro atoms. The molecular weight excluding hydrogens is 389 g/mol. The molecule has 0 aliphatic rings. The monoisotopic (exact) mass is 411 g/mol. The Labute approximate surface area is 164 Å². The summed E-state index contributed by atoms with van der Waals surface area (Å²) in [4.78, 5) is 4.14. The highest BCUT2D eigenvalue weighted by atomic mass is 35.5. The van der Waals surface area contributed by atoms with Gasteiger partial charge in [0.1, 0.15) is 5.82 Å². The Morgan fingerprint density at radius 3 is 2.44 bits per heavy atom. The number of aliphatic imine (C=N–C) groups is 1. The lowest BCUT2D eigenvalue weighted by Gasteiger charge is -2.14. The lowest BCUT2D eigenvalue weighted by atomic mass is 10.1. The third-order valence-corrected chi connectivity index (χ3v) is 4.96. The van der Waals surface area contributed by atoms with Crippen molar-refractivity contribution in [1.29, 1.82) is 0 Å². The second-order valence-electron chi connectivity index (χ2n) is 6.21. The summed E-state index contributed by atoms with van der Waals surface area (Å²) in [7, 11) is -1.57. The molecule has 0 bridgehead atoms. The predicted octanol–water partition coefficient (Wildman–Crippen LogP) is 2.93. The van der Waals surface area contributed by atoms with Gasteiger partial charge in [0.25, 0.3) is 0 Å². The molecule has 2 rings (SSSR count). The topological polar surface area (TPSA) is 70.6 Å². The minimum Gasteiger partial charge on any atom is -0.356 e. The lowest BCUT2D eigenvalue weighted by molar-refractivity contribution is 0.599. The summed E-state index contributed by atoms with van der Waals surface area (Å²) < 4.78 is 36.7. The van der Waals surface area contributed by atoms with Crippen LogP contribution in [0.25, 0.3) is 0 Å². The van der Waals surface area contributed by atoms with Crippen LogP contribution >= 0.6 is 11.6 Å². The van der Waals surface area contributed by atoms with E-state index in [0.29, 0.717) is 28.7 Å². The largest absolute Gasteiger partial charge is 0.356 e. The molecule has 0 aromatic heterocycles. The predicted molar refractivity (Wildman–Crippen MR) is 108 cm³/mol. The lowest BCUT2D eigenvalue weighted by Crippen LogP contribution is -2.38. The van der Waals surface area contributed by atoms with E-state index in [0.717, 1.165) is 18.2 Å². The van der Waals surface area contributed by atoms with E-state index in [2.05, 4.69) is 15.6 Å². The van der Waals surface area contributed by atoms with Crippen LogP contribution in [0.1, 0.15) is 16.7 Å². The van der Waals surface area contributed by atoms with Crippen LogP contribution in [0.5, 0.6) is 0 Å². The van der Waals surface area contributed by atoms with Gasteiger partial charge in [-0.05, 0) is 47.4 Å². The van der Waals surface area contributed by atoms with Gasteiger partial charge in [0.2, 0.25) is 0 Å². The van der Waals surface area contributed by atoms with Crippen molar-refractivity contribution < 1.29 is 12.8 Å². The molecule has 0 atom stereocenters. The molecule has 0 unspecified atom stereocenters. The van der Waals surface area contributed by atoms with Gasteiger partial charge < -0.3 is 10.6 Å². The number of sulfone groups is 1. The van der Waals surface area contributed by atoms with E-state index in [4.69, 9.17) is 11.6 Å². The molecule has 0 radical (unpaired) electrons. The van der Waals surface area contributed by atoms with E-state index in [1.807, 2.05) is 24.3 Å². The maximum atomic E-state index is 13.6. The molecule has 5 nitrogen and oxygen atoms in total. The normalized spacial score (nSPS) is 12.1. The minimum absolute atomic E-state index is 0.132. The second-order valence-corrected chi connectivity index (χ2v) is 8.79. The van der Waals surface area contributed by atoms with Crippen LogP contribution in [-0.2, 0) is 28.6 Å². The third kappa shape index (κ3) is 7.56. The van der Waals surface area contributed by atoms with Crippen LogP contribution in [0.3, 0.4) is 0 Å². The van der Waals surface area contributed by atoms with Gasteiger partial charge in [-0.2, -0.15) is 0 Å². The smallest absolute Gasteiger partial charge is 0.191 e. The van der Waals surface area contributed by atoms with E-state index in [1.54, 1.807) is 7.05 Å². The Morgan fingerprint density at radius 1 is 1.11 bits per heavy atom. The van der Waals surface area contributed by atoms with E-state index in [-0.39, 0.29) is 12.3 Å². The van der Waals surface area contributed by atoms with Gasteiger partial charge in [-0.25, -0.2) is 12.8 Å². The molecule has 0 aliphatic heterocycles. The first kappa shape index (κ1) is 21.2. The fourth-order valence-corrected chi connectivity index (χ4v) is 3.53. The molecule has 0 saturated carbocycles. The molecule has 146 valence electrons. The SMILES string of the molecule is CN=C(NCCc1ccc(Cl)cc1)NCc1cc(F)ccc1CS(C)(=O)=O. The molecule has 0 aliphatic carbocycles. The minimum atomic E-state index is -3.21. The summed E-state index contributed by atoms with van der Waals surface area (Å²) in [5.41, 5.74) is 2.30. The third-order valence-electron chi connectivity index (χ3n) is 3.88. The zero-order valence-corrected chi connectivity index (χ0v) is 16.9. The van der Waals surface area contributed by atoms with Crippen molar-refractivity contribution in [2.75, 3.05) is 19.8 Å². The number of nitrogens with one attached hydrogen (secondary N) is 2. The number of hydrogen-bond donors (Lipinski definition) is 2. The van der Waals surface area contributed by atoms with Crippen molar-refractivity contribution >= 4 is 27.4 Å². The highest BCUT2D eigenvalue weighted by molar-refractivity contribution is 7.89. The zero-order chi connectivity index (χ0) is 19.9. The Kier molecular flexibility index (Phi) is 7.62. The van der Waals surface area contributed by atoms with Crippen molar-refractivity contribution in [3.63, 3.8) is 0 Å². The summed E-state index contributed by atoms with van der Waals surface area (Å²) in [5, 5.41) is 6.97. The van der Waals surface area contributed by atoms with Gasteiger partial charge >= 0.3 is 0 Å². The first-order valence-electron chi connectivity index (χ1n) is 8.41. The average molecular weight is 412 g/mol. The molecule has 0 saturated heterocycles. The first-order chi connectivity index (χ1) is 12.8. The quantitative estimate of drug-likeness (QED) is 0.543. The molecule has 27 heavy (non-hydrogen) atoms. The summed E-state index contributed by atoms with van der Waals surface area (Å²) in [6.07, 6.45) is 1.95. The maximum Gasteiger partial charge on any atom is 0.191 e. The molecule has 2 aromatic rings.